The van der Waals surface area contributed by atoms with Gasteiger partial charge in [-0.05, 0) is 18.8 Å². The molecule has 0 bridgehead atoms. The Morgan fingerprint density at radius 1 is 1.50 bits per heavy atom. The van der Waals surface area contributed by atoms with Crippen LogP contribution in [0.15, 0.2) is 0 Å². The highest BCUT2D eigenvalue weighted by molar-refractivity contribution is 5.82. The van der Waals surface area contributed by atoms with E-state index in [1.807, 2.05) is 0 Å². The molecule has 0 radical (unpaired) electrons. The van der Waals surface area contributed by atoms with Gasteiger partial charge in [0, 0.05) is 18.4 Å². The van der Waals surface area contributed by atoms with Crippen LogP contribution >= 0.6 is 0 Å². The van der Waals surface area contributed by atoms with Gasteiger partial charge in [0.15, 0.2) is 0 Å². The number of carbonyl (C=O) groups is 1. The van der Waals surface area contributed by atoms with E-state index in [2.05, 4.69) is 13.8 Å². The highest BCUT2D eigenvalue weighted by Crippen LogP contribution is 2.28. The molecular weight excluding hydrogens is 150 g/mol. The van der Waals surface area contributed by atoms with Gasteiger partial charge in [-0.1, -0.05) is 20.3 Å². The van der Waals surface area contributed by atoms with Crippen molar-refractivity contribution < 1.29 is 4.79 Å². The summed E-state index contributed by atoms with van der Waals surface area (Å²) >= 11 is 0. The van der Waals surface area contributed by atoms with Crippen LogP contribution in [0, 0.1) is 11.8 Å². The lowest BCUT2D eigenvalue weighted by Crippen LogP contribution is -2.33. The van der Waals surface area contributed by atoms with Crippen LogP contribution in [0.5, 0.6) is 0 Å². The van der Waals surface area contributed by atoms with Crippen LogP contribution in [0.1, 0.15) is 39.5 Å². The summed E-state index contributed by atoms with van der Waals surface area (Å²) in [4.78, 5) is 11.5. The molecule has 0 aromatic rings. The fraction of sp³-hybridized carbons (Fsp3) is 0.900. The van der Waals surface area contributed by atoms with Crippen LogP contribution < -0.4 is 5.73 Å². The SMILES string of the molecule is CC(C)C(N)CC(=O)C1CCC1. The monoisotopic (exact) mass is 169 g/mol. The minimum absolute atomic E-state index is 0.0677. The summed E-state index contributed by atoms with van der Waals surface area (Å²) in [6.07, 6.45) is 4.02. The van der Waals surface area contributed by atoms with E-state index in [9.17, 15) is 4.79 Å². The van der Waals surface area contributed by atoms with E-state index in [0.29, 0.717) is 24.0 Å². The minimum Gasteiger partial charge on any atom is -0.327 e. The van der Waals surface area contributed by atoms with E-state index in [-0.39, 0.29) is 6.04 Å². The van der Waals surface area contributed by atoms with Gasteiger partial charge in [0.05, 0.1) is 0 Å². The Morgan fingerprint density at radius 3 is 2.42 bits per heavy atom. The fourth-order valence-electron chi connectivity index (χ4n) is 1.36. The van der Waals surface area contributed by atoms with Crippen LogP contribution in [0.2, 0.25) is 0 Å². The molecule has 0 saturated heterocycles. The lowest BCUT2D eigenvalue weighted by molar-refractivity contribution is -0.125. The molecular formula is C10H19NO. The third-order valence-corrected chi connectivity index (χ3v) is 2.85. The molecule has 1 rings (SSSR count). The Bertz CT molecular complexity index is 161. The largest absolute Gasteiger partial charge is 0.327 e. The molecule has 1 unspecified atom stereocenters. The van der Waals surface area contributed by atoms with Gasteiger partial charge in [-0.15, -0.1) is 0 Å². The smallest absolute Gasteiger partial charge is 0.137 e. The quantitative estimate of drug-likeness (QED) is 0.696. The Morgan fingerprint density at radius 2 is 2.08 bits per heavy atom. The number of nitrogens with two attached hydrogens (primary N) is 1. The number of ketones is 1. The Balaban J connectivity index is 2.25. The lowest BCUT2D eigenvalue weighted by atomic mass is 9.79. The molecule has 0 spiro atoms. The summed E-state index contributed by atoms with van der Waals surface area (Å²) in [6.45, 7) is 4.14. The molecule has 12 heavy (non-hydrogen) atoms. The Hall–Kier alpha value is -0.370. The van der Waals surface area contributed by atoms with E-state index < -0.39 is 0 Å². The molecule has 0 heterocycles. The summed E-state index contributed by atoms with van der Waals surface area (Å²) in [6, 6.07) is 0.0677. The van der Waals surface area contributed by atoms with Crippen molar-refractivity contribution in [3.05, 3.63) is 0 Å². The molecule has 0 aliphatic heterocycles. The first kappa shape index (κ1) is 9.72. The normalized spacial score (nSPS) is 20.7. The maximum atomic E-state index is 11.5. The van der Waals surface area contributed by atoms with Gasteiger partial charge in [-0.3, -0.25) is 4.79 Å². The number of hydrogen-bond donors (Lipinski definition) is 1. The first-order valence-corrected chi connectivity index (χ1v) is 4.89. The van der Waals surface area contributed by atoms with Crippen LogP contribution in [-0.4, -0.2) is 11.8 Å². The van der Waals surface area contributed by atoms with E-state index in [4.69, 9.17) is 5.73 Å². The van der Waals surface area contributed by atoms with Gasteiger partial charge >= 0.3 is 0 Å². The van der Waals surface area contributed by atoms with Crippen molar-refractivity contribution in [2.75, 3.05) is 0 Å². The van der Waals surface area contributed by atoms with Crippen LogP contribution in [0.25, 0.3) is 0 Å². The second kappa shape index (κ2) is 4.04. The third kappa shape index (κ3) is 2.31. The molecule has 0 amide bonds. The van der Waals surface area contributed by atoms with Crippen molar-refractivity contribution in [2.24, 2.45) is 17.6 Å². The van der Waals surface area contributed by atoms with Gasteiger partial charge in [0.25, 0.3) is 0 Å². The molecule has 1 aliphatic rings. The lowest BCUT2D eigenvalue weighted by Gasteiger charge is -2.25. The molecule has 2 N–H and O–H groups in total. The first-order chi connectivity index (χ1) is 5.61. The molecule has 0 aromatic heterocycles. The van der Waals surface area contributed by atoms with Crippen molar-refractivity contribution in [2.45, 2.75) is 45.6 Å². The van der Waals surface area contributed by atoms with E-state index in [1.165, 1.54) is 6.42 Å². The van der Waals surface area contributed by atoms with Crippen molar-refractivity contribution in [3.8, 4) is 0 Å². The van der Waals surface area contributed by atoms with Crippen molar-refractivity contribution in [1.82, 2.24) is 0 Å². The molecule has 1 fully saturated rings. The van der Waals surface area contributed by atoms with E-state index in [1.54, 1.807) is 0 Å². The molecule has 2 nitrogen and oxygen atoms in total. The third-order valence-electron chi connectivity index (χ3n) is 2.85. The summed E-state index contributed by atoms with van der Waals surface area (Å²) in [5.41, 5.74) is 5.81. The average molecular weight is 169 g/mol. The Kier molecular flexibility index (Phi) is 3.27. The van der Waals surface area contributed by atoms with Crippen molar-refractivity contribution >= 4 is 5.78 Å². The Labute approximate surface area is 74.5 Å². The molecule has 70 valence electrons. The highest BCUT2D eigenvalue weighted by Gasteiger charge is 2.26. The molecule has 2 heteroatoms. The maximum absolute atomic E-state index is 11.5. The number of rotatable bonds is 4. The van der Waals surface area contributed by atoms with Gasteiger partial charge < -0.3 is 5.73 Å². The van der Waals surface area contributed by atoms with Gasteiger partial charge in [0.1, 0.15) is 5.78 Å². The minimum atomic E-state index is 0.0677. The predicted molar refractivity (Wildman–Crippen MR) is 49.8 cm³/mol. The number of carbonyl (C=O) groups excluding carboxylic acids is 1. The van der Waals surface area contributed by atoms with Gasteiger partial charge in [-0.2, -0.15) is 0 Å². The fourth-order valence-corrected chi connectivity index (χ4v) is 1.36. The highest BCUT2D eigenvalue weighted by atomic mass is 16.1. The van der Waals surface area contributed by atoms with E-state index in [0.717, 1.165) is 12.8 Å². The second-order valence-electron chi connectivity index (χ2n) is 4.21. The average Bonchev–Trinajstić information content (AvgIpc) is 1.82. The standard InChI is InChI=1S/C10H19NO/c1-7(2)9(11)6-10(12)8-4-3-5-8/h7-9H,3-6,11H2,1-2H3. The zero-order valence-corrected chi connectivity index (χ0v) is 8.05. The second-order valence-corrected chi connectivity index (χ2v) is 4.21. The summed E-state index contributed by atoms with van der Waals surface area (Å²) in [7, 11) is 0. The predicted octanol–water partition coefficient (Wildman–Crippen LogP) is 1.73. The topological polar surface area (TPSA) is 43.1 Å². The molecule has 1 atom stereocenters. The maximum Gasteiger partial charge on any atom is 0.137 e. The number of Topliss-reactive ketones (excluding diaryl/α,β-unsaturated/α-hetero) is 1. The van der Waals surface area contributed by atoms with Crippen LogP contribution in [-0.2, 0) is 4.79 Å². The van der Waals surface area contributed by atoms with E-state index >= 15 is 0 Å². The summed E-state index contributed by atoms with van der Waals surface area (Å²) in [5.74, 6) is 1.17. The first-order valence-electron chi connectivity index (χ1n) is 4.89. The van der Waals surface area contributed by atoms with Crippen LogP contribution in [0.3, 0.4) is 0 Å². The molecule has 0 aromatic carbocycles. The zero-order valence-electron chi connectivity index (χ0n) is 8.05. The van der Waals surface area contributed by atoms with Crippen molar-refractivity contribution in [1.29, 1.82) is 0 Å². The zero-order chi connectivity index (χ0) is 9.14. The molecule has 1 saturated carbocycles. The van der Waals surface area contributed by atoms with Crippen molar-refractivity contribution in [3.63, 3.8) is 0 Å². The summed E-state index contributed by atoms with van der Waals surface area (Å²) < 4.78 is 0. The van der Waals surface area contributed by atoms with Gasteiger partial charge in [-0.25, -0.2) is 0 Å². The molecule has 1 aliphatic carbocycles. The van der Waals surface area contributed by atoms with Crippen LogP contribution in [0.4, 0.5) is 0 Å². The number of hydrogen-bond acceptors (Lipinski definition) is 2. The summed E-state index contributed by atoms with van der Waals surface area (Å²) in [5, 5.41) is 0. The van der Waals surface area contributed by atoms with Gasteiger partial charge in [0.2, 0.25) is 0 Å².